The fraction of sp³-hybridized carbons (Fsp3) is 0. The van der Waals surface area contributed by atoms with Crippen molar-refractivity contribution in [2.45, 2.75) is 0 Å². The van der Waals surface area contributed by atoms with Gasteiger partial charge in [-0.3, -0.25) is 0 Å². The Morgan fingerprint density at radius 3 is 1.71 bits per heavy atom. The Morgan fingerprint density at radius 1 is 0.619 bits per heavy atom. The Kier molecular flexibility index (Phi) is 3.55. The Labute approximate surface area is 129 Å². The summed E-state index contributed by atoms with van der Waals surface area (Å²) in [6, 6.07) is 22.7. The van der Waals surface area contributed by atoms with E-state index >= 15 is 0 Å². The molecule has 3 heteroatoms. The molecular formula is C18H13ClN2. The molecule has 0 bridgehead atoms. The zero-order chi connectivity index (χ0) is 13.4. The van der Waals surface area contributed by atoms with Crippen molar-refractivity contribution in [2.24, 2.45) is 0 Å². The molecule has 21 heavy (non-hydrogen) atoms. The molecule has 2 aromatic heterocycles. The van der Waals surface area contributed by atoms with E-state index in [1.54, 1.807) is 0 Å². The van der Waals surface area contributed by atoms with Gasteiger partial charge in [-0.25, -0.2) is 4.98 Å². The van der Waals surface area contributed by atoms with Gasteiger partial charge >= 0.3 is 0 Å². The maximum absolute atomic E-state index is 4.75. The fourth-order valence-electron chi connectivity index (χ4n) is 2.64. The first kappa shape index (κ1) is 13.5. The van der Waals surface area contributed by atoms with Crippen molar-refractivity contribution < 1.29 is 17.0 Å². The normalized spacial score (nSPS) is 10.5. The molecule has 0 aliphatic carbocycles. The van der Waals surface area contributed by atoms with E-state index in [1.807, 2.05) is 30.3 Å². The van der Waals surface area contributed by atoms with E-state index in [4.69, 9.17) is 4.98 Å². The number of rotatable bonds is 1. The van der Waals surface area contributed by atoms with Crippen LogP contribution in [0.2, 0.25) is 0 Å². The summed E-state index contributed by atoms with van der Waals surface area (Å²) in [6.07, 6.45) is 4.16. The summed E-state index contributed by atoms with van der Waals surface area (Å²) >= 11 is 0. The highest BCUT2D eigenvalue weighted by Gasteiger charge is 2.16. The summed E-state index contributed by atoms with van der Waals surface area (Å²) in [7, 11) is 0. The second-order valence-corrected chi connectivity index (χ2v) is 4.78. The van der Waals surface area contributed by atoms with E-state index < -0.39 is 0 Å². The number of fused-ring (bicyclic) bond motifs is 2. The van der Waals surface area contributed by atoms with Crippen molar-refractivity contribution in [3.05, 3.63) is 79.1 Å². The number of halogens is 1. The lowest BCUT2D eigenvalue weighted by molar-refractivity contribution is -0.592. The van der Waals surface area contributed by atoms with Crippen molar-refractivity contribution in [3.8, 4) is 5.69 Å². The highest BCUT2D eigenvalue weighted by atomic mass is 35.5. The van der Waals surface area contributed by atoms with E-state index in [9.17, 15) is 0 Å². The monoisotopic (exact) mass is 292 g/mol. The summed E-state index contributed by atoms with van der Waals surface area (Å²) in [5.74, 6) is 0. The van der Waals surface area contributed by atoms with Crippen molar-refractivity contribution in [1.82, 2.24) is 4.98 Å². The average Bonchev–Trinajstić information content (AvgIpc) is 2.53. The molecule has 2 aromatic carbocycles. The van der Waals surface area contributed by atoms with Crippen LogP contribution in [-0.4, -0.2) is 4.98 Å². The van der Waals surface area contributed by atoms with Crippen LogP contribution < -0.4 is 17.0 Å². The maximum atomic E-state index is 4.75. The molecule has 4 rings (SSSR count). The number of nitrogens with zero attached hydrogens (tertiary/aromatic N) is 2. The van der Waals surface area contributed by atoms with Crippen LogP contribution in [0, 0.1) is 0 Å². The highest BCUT2D eigenvalue weighted by Crippen LogP contribution is 2.25. The first-order valence-electron chi connectivity index (χ1n) is 6.68. The molecule has 0 amide bonds. The van der Waals surface area contributed by atoms with Gasteiger partial charge in [-0.2, -0.15) is 4.57 Å². The summed E-state index contributed by atoms with van der Waals surface area (Å²) in [6.45, 7) is 0. The van der Waals surface area contributed by atoms with Crippen LogP contribution in [0.15, 0.2) is 79.1 Å². The van der Waals surface area contributed by atoms with Gasteiger partial charge in [-0.1, -0.05) is 30.3 Å². The smallest absolute Gasteiger partial charge is 0.229 e. The lowest BCUT2D eigenvalue weighted by atomic mass is 10.1. The third kappa shape index (κ3) is 2.24. The van der Waals surface area contributed by atoms with Gasteiger partial charge < -0.3 is 12.4 Å². The van der Waals surface area contributed by atoms with E-state index in [0.29, 0.717) is 0 Å². The Balaban J connectivity index is 0.00000132. The van der Waals surface area contributed by atoms with E-state index in [1.165, 1.54) is 16.5 Å². The Hall–Kier alpha value is -2.45. The number of aromatic nitrogens is 2. The van der Waals surface area contributed by atoms with Gasteiger partial charge in [0, 0.05) is 12.1 Å². The zero-order valence-corrected chi connectivity index (χ0v) is 12.0. The van der Waals surface area contributed by atoms with Gasteiger partial charge in [-0.05, 0) is 24.3 Å². The van der Waals surface area contributed by atoms with Gasteiger partial charge in [0.1, 0.15) is 0 Å². The first-order chi connectivity index (χ1) is 9.93. The summed E-state index contributed by atoms with van der Waals surface area (Å²) in [5, 5.41) is 2.34. The zero-order valence-electron chi connectivity index (χ0n) is 11.3. The van der Waals surface area contributed by atoms with Crippen molar-refractivity contribution >= 4 is 21.8 Å². The molecule has 0 aliphatic rings. The molecule has 4 aromatic rings. The van der Waals surface area contributed by atoms with Crippen molar-refractivity contribution in [1.29, 1.82) is 0 Å². The SMILES string of the molecule is [Cl-].c1cc[n+](-c2c3ccccc3nc3ccccc23)cc1. The van der Waals surface area contributed by atoms with Crippen LogP contribution in [0.1, 0.15) is 0 Å². The number of hydrogen-bond acceptors (Lipinski definition) is 1. The maximum Gasteiger partial charge on any atom is 0.229 e. The third-order valence-electron chi connectivity index (χ3n) is 3.53. The highest BCUT2D eigenvalue weighted by molar-refractivity contribution is 6.00. The molecule has 2 heterocycles. The minimum absolute atomic E-state index is 0. The summed E-state index contributed by atoms with van der Waals surface area (Å²) < 4.78 is 2.16. The number of para-hydroxylation sites is 2. The quantitative estimate of drug-likeness (QED) is 0.372. The molecule has 2 nitrogen and oxygen atoms in total. The van der Waals surface area contributed by atoms with Crippen LogP contribution in [0.3, 0.4) is 0 Å². The largest absolute Gasteiger partial charge is 1.00 e. The van der Waals surface area contributed by atoms with E-state index in [2.05, 4.69) is 53.4 Å². The molecule has 102 valence electrons. The average molecular weight is 293 g/mol. The van der Waals surface area contributed by atoms with Crippen molar-refractivity contribution in [3.63, 3.8) is 0 Å². The number of pyridine rings is 2. The molecule has 0 saturated heterocycles. The minimum atomic E-state index is 0. The standard InChI is InChI=1S/C18H13N2.ClH/c1-6-12-20(13-7-1)18-14-8-2-4-10-16(14)19-17-11-5-3-9-15(17)18;/h1-13H;1H/q+1;/p-1. The molecule has 0 atom stereocenters. The second-order valence-electron chi connectivity index (χ2n) is 4.78. The van der Waals surface area contributed by atoms with Gasteiger partial charge in [0.25, 0.3) is 0 Å². The molecule has 0 unspecified atom stereocenters. The molecule has 0 spiro atoms. The molecule has 0 radical (unpaired) electrons. The van der Waals surface area contributed by atoms with E-state index in [-0.39, 0.29) is 12.4 Å². The molecule has 0 saturated carbocycles. The van der Waals surface area contributed by atoms with Gasteiger partial charge in [0.2, 0.25) is 5.69 Å². The predicted octanol–water partition coefficient (Wildman–Crippen LogP) is 0.669. The number of hydrogen-bond donors (Lipinski definition) is 0. The topological polar surface area (TPSA) is 16.8 Å². The molecule has 0 fully saturated rings. The summed E-state index contributed by atoms with van der Waals surface area (Å²) in [4.78, 5) is 4.75. The molecule has 0 N–H and O–H groups in total. The fourth-order valence-corrected chi connectivity index (χ4v) is 2.64. The van der Waals surface area contributed by atoms with Crippen LogP contribution >= 0.6 is 0 Å². The number of benzene rings is 2. The van der Waals surface area contributed by atoms with Crippen LogP contribution in [-0.2, 0) is 0 Å². The predicted molar refractivity (Wildman–Crippen MR) is 80.8 cm³/mol. The minimum Gasteiger partial charge on any atom is -1.00 e. The Morgan fingerprint density at radius 2 is 1.14 bits per heavy atom. The van der Waals surface area contributed by atoms with Crippen LogP contribution in [0.25, 0.3) is 27.5 Å². The van der Waals surface area contributed by atoms with Crippen LogP contribution in [0.4, 0.5) is 0 Å². The summed E-state index contributed by atoms with van der Waals surface area (Å²) in [5.41, 5.74) is 3.24. The van der Waals surface area contributed by atoms with Gasteiger partial charge in [0.15, 0.2) is 12.4 Å². The Bertz CT molecular complexity index is 850. The lowest BCUT2D eigenvalue weighted by Crippen LogP contribution is -3.00. The van der Waals surface area contributed by atoms with Gasteiger partial charge in [0.05, 0.1) is 21.8 Å². The van der Waals surface area contributed by atoms with Gasteiger partial charge in [-0.15, -0.1) is 0 Å². The first-order valence-corrected chi connectivity index (χ1v) is 6.68. The van der Waals surface area contributed by atoms with E-state index in [0.717, 1.165) is 11.0 Å². The van der Waals surface area contributed by atoms with Crippen molar-refractivity contribution in [2.75, 3.05) is 0 Å². The van der Waals surface area contributed by atoms with Crippen LogP contribution in [0.5, 0.6) is 0 Å². The molecule has 0 aliphatic heterocycles. The second kappa shape index (κ2) is 5.51. The lowest BCUT2D eigenvalue weighted by Gasteiger charge is -2.05. The molecular weight excluding hydrogens is 280 g/mol. The third-order valence-corrected chi connectivity index (χ3v) is 3.53.